The molecular weight excluding hydrogens is 445 g/mol. The van der Waals surface area contributed by atoms with E-state index in [0.717, 1.165) is 24.6 Å². The molecule has 2 heterocycles. The second kappa shape index (κ2) is 10.2. The van der Waals surface area contributed by atoms with Gasteiger partial charge in [0, 0.05) is 36.8 Å². The van der Waals surface area contributed by atoms with E-state index in [9.17, 15) is 18.0 Å². The zero-order valence-electron chi connectivity index (χ0n) is 19.4. The van der Waals surface area contributed by atoms with Gasteiger partial charge in [-0.15, -0.1) is 0 Å². The van der Waals surface area contributed by atoms with Gasteiger partial charge in [0.1, 0.15) is 0 Å². The Morgan fingerprint density at radius 3 is 2.59 bits per heavy atom. The highest BCUT2D eigenvalue weighted by Gasteiger charge is 2.43. The fourth-order valence-electron chi connectivity index (χ4n) is 4.74. The van der Waals surface area contributed by atoms with Gasteiger partial charge in [0.2, 0.25) is 0 Å². The number of rotatable bonds is 6. The molecule has 2 aliphatic rings. The van der Waals surface area contributed by atoms with Crippen molar-refractivity contribution in [2.24, 2.45) is 5.92 Å². The van der Waals surface area contributed by atoms with Gasteiger partial charge >= 0.3 is 12.2 Å². The lowest BCUT2D eigenvalue weighted by atomic mass is 9.76. The third-order valence-corrected chi connectivity index (χ3v) is 6.47. The molecule has 0 aliphatic carbocycles. The maximum absolute atomic E-state index is 13.4. The van der Waals surface area contributed by atoms with Gasteiger partial charge in [0.15, 0.2) is 0 Å². The SMILES string of the molecule is CN(C)CCNC(=O)NCC1CC[C@@H]2[C@H](O1)c1cc(C(F)(F)F)ccc1N[C@H]2c1ccccc1. The minimum absolute atomic E-state index is 0.0245. The Morgan fingerprint density at radius 2 is 1.88 bits per heavy atom. The number of anilines is 1. The van der Waals surface area contributed by atoms with Gasteiger partial charge in [-0.05, 0) is 50.7 Å². The first-order valence-electron chi connectivity index (χ1n) is 11.6. The van der Waals surface area contributed by atoms with Crippen molar-refractivity contribution < 1.29 is 22.7 Å². The number of carbonyl (C=O) groups is 1. The lowest BCUT2D eigenvalue weighted by Gasteiger charge is -2.46. The molecule has 2 aromatic carbocycles. The van der Waals surface area contributed by atoms with Crippen LogP contribution in [0.25, 0.3) is 0 Å². The van der Waals surface area contributed by atoms with Crippen molar-refractivity contribution in [2.45, 2.75) is 37.3 Å². The minimum atomic E-state index is -4.43. The van der Waals surface area contributed by atoms with Crippen molar-refractivity contribution in [1.82, 2.24) is 15.5 Å². The van der Waals surface area contributed by atoms with Crippen LogP contribution in [-0.4, -0.2) is 50.8 Å². The second-order valence-corrected chi connectivity index (χ2v) is 9.19. The molecule has 1 fully saturated rings. The molecule has 4 atom stereocenters. The highest BCUT2D eigenvalue weighted by molar-refractivity contribution is 5.73. The zero-order valence-corrected chi connectivity index (χ0v) is 19.4. The molecule has 0 bridgehead atoms. The first-order valence-corrected chi connectivity index (χ1v) is 11.6. The lowest BCUT2D eigenvalue weighted by Crippen LogP contribution is -2.46. The molecule has 2 aliphatic heterocycles. The zero-order chi connectivity index (χ0) is 24.3. The molecule has 2 aromatic rings. The largest absolute Gasteiger partial charge is 0.416 e. The number of likely N-dealkylation sites (N-methyl/N-ethyl adjacent to an activating group) is 1. The van der Waals surface area contributed by atoms with Crippen LogP contribution in [-0.2, 0) is 10.9 Å². The minimum Gasteiger partial charge on any atom is -0.378 e. The topological polar surface area (TPSA) is 65.6 Å². The molecule has 1 unspecified atom stereocenters. The third-order valence-electron chi connectivity index (χ3n) is 6.47. The molecule has 4 rings (SSSR count). The summed E-state index contributed by atoms with van der Waals surface area (Å²) in [5.41, 5.74) is 1.56. The van der Waals surface area contributed by atoms with Crippen molar-refractivity contribution in [3.05, 3.63) is 65.2 Å². The highest BCUT2D eigenvalue weighted by Crippen LogP contribution is 2.51. The number of alkyl halides is 3. The summed E-state index contributed by atoms with van der Waals surface area (Å²) in [5.74, 6) is -0.0245. The molecule has 0 saturated carbocycles. The molecule has 34 heavy (non-hydrogen) atoms. The lowest BCUT2D eigenvalue weighted by molar-refractivity contribution is -0.138. The van der Waals surface area contributed by atoms with Crippen LogP contribution in [0.4, 0.5) is 23.7 Å². The van der Waals surface area contributed by atoms with Crippen molar-refractivity contribution >= 4 is 11.7 Å². The average Bonchev–Trinajstić information content (AvgIpc) is 2.81. The number of ether oxygens (including phenoxy) is 1. The summed E-state index contributed by atoms with van der Waals surface area (Å²) >= 11 is 0. The quantitative estimate of drug-likeness (QED) is 0.572. The van der Waals surface area contributed by atoms with E-state index in [-0.39, 0.29) is 24.1 Å². The van der Waals surface area contributed by atoms with Crippen LogP contribution in [0, 0.1) is 5.92 Å². The number of hydrogen-bond acceptors (Lipinski definition) is 4. The molecule has 2 amide bonds. The predicted molar refractivity (Wildman–Crippen MR) is 125 cm³/mol. The summed E-state index contributed by atoms with van der Waals surface area (Å²) in [5, 5.41) is 9.09. The van der Waals surface area contributed by atoms with Crippen molar-refractivity contribution in [3.8, 4) is 0 Å². The number of carbonyl (C=O) groups excluding carboxylic acids is 1. The van der Waals surface area contributed by atoms with E-state index in [0.29, 0.717) is 30.8 Å². The van der Waals surface area contributed by atoms with Gasteiger partial charge < -0.3 is 25.6 Å². The Morgan fingerprint density at radius 1 is 1.12 bits per heavy atom. The van der Waals surface area contributed by atoms with E-state index < -0.39 is 17.8 Å². The second-order valence-electron chi connectivity index (χ2n) is 9.19. The van der Waals surface area contributed by atoms with Crippen LogP contribution < -0.4 is 16.0 Å². The van der Waals surface area contributed by atoms with Crippen LogP contribution in [0.1, 0.15) is 41.7 Å². The smallest absolute Gasteiger partial charge is 0.378 e. The Hall–Kier alpha value is -2.78. The van der Waals surface area contributed by atoms with Crippen LogP contribution in [0.2, 0.25) is 0 Å². The Balaban J connectivity index is 1.52. The normalized spacial score (nSPS) is 24.1. The fraction of sp³-hybridized carbons (Fsp3) is 0.480. The maximum Gasteiger partial charge on any atom is 0.416 e. The van der Waals surface area contributed by atoms with E-state index in [1.165, 1.54) is 12.1 Å². The Kier molecular flexibility index (Phi) is 7.33. The number of amides is 2. The summed E-state index contributed by atoms with van der Waals surface area (Å²) in [7, 11) is 3.85. The highest BCUT2D eigenvalue weighted by atomic mass is 19.4. The van der Waals surface area contributed by atoms with Gasteiger partial charge in [-0.2, -0.15) is 13.2 Å². The van der Waals surface area contributed by atoms with Crippen LogP contribution in [0.3, 0.4) is 0 Å². The molecule has 6 nitrogen and oxygen atoms in total. The van der Waals surface area contributed by atoms with Crippen LogP contribution in [0.15, 0.2) is 48.5 Å². The number of halogens is 3. The van der Waals surface area contributed by atoms with E-state index in [4.69, 9.17) is 4.74 Å². The van der Waals surface area contributed by atoms with E-state index in [2.05, 4.69) is 16.0 Å². The molecule has 0 aromatic heterocycles. The number of nitrogens with one attached hydrogen (secondary N) is 3. The summed E-state index contributed by atoms with van der Waals surface area (Å²) in [4.78, 5) is 14.1. The standard InChI is InChI=1S/C25H31F3N4O2/c1-32(2)13-12-29-24(33)30-15-18-9-10-19-22(16-6-4-3-5-7-16)31-21-11-8-17(25(26,27)28)14-20(21)23(19)34-18/h3-8,11,14,18-19,22-23,31H,9-10,12-13,15H2,1-2H3,(H2,29,30,33)/t18?,19-,22-,23-/m0/s1. The summed E-state index contributed by atoms with van der Waals surface area (Å²) in [6, 6.07) is 13.4. The van der Waals surface area contributed by atoms with E-state index in [1.54, 1.807) is 0 Å². The predicted octanol–water partition coefficient (Wildman–Crippen LogP) is 4.57. The number of hydrogen-bond donors (Lipinski definition) is 3. The van der Waals surface area contributed by atoms with Gasteiger partial charge in [-0.25, -0.2) is 4.79 Å². The van der Waals surface area contributed by atoms with Crippen LogP contribution >= 0.6 is 0 Å². The Labute approximate surface area is 197 Å². The van der Waals surface area contributed by atoms with Crippen molar-refractivity contribution in [2.75, 3.05) is 39.0 Å². The molecule has 9 heteroatoms. The van der Waals surface area contributed by atoms with Crippen molar-refractivity contribution in [1.29, 1.82) is 0 Å². The maximum atomic E-state index is 13.4. The molecule has 1 saturated heterocycles. The van der Waals surface area contributed by atoms with Gasteiger partial charge in [0.05, 0.1) is 23.8 Å². The number of benzene rings is 2. The number of fused-ring (bicyclic) bond motifs is 3. The molecule has 0 spiro atoms. The molecular formula is C25H31F3N4O2. The first kappa shape index (κ1) is 24.3. The summed E-state index contributed by atoms with van der Waals surface area (Å²) in [6.07, 6.45) is -3.74. The van der Waals surface area contributed by atoms with E-state index >= 15 is 0 Å². The summed E-state index contributed by atoms with van der Waals surface area (Å²) < 4.78 is 46.7. The third kappa shape index (κ3) is 5.64. The van der Waals surface area contributed by atoms with Gasteiger partial charge in [-0.3, -0.25) is 0 Å². The van der Waals surface area contributed by atoms with Crippen LogP contribution in [0.5, 0.6) is 0 Å². The Bertz CT molecular complexity index is 984. The average molecular weight is 477 g/mol. The monoisotopic (exact) mass is 476 g/mol. The fourth-order valence-corrected chi connectivity index (χ4v) is 4.74. The summed E-state index contributed by atoms with van der Waals surface area (Å²) in [6.45, 7) is 1.55. The van der Waals surface area contributed by atoms with Gasteiger partial charge in [-0.1, -0.05) is 30.3 Å². The van der Waals surface area contributed by atoms with E-state index in [1.807, 2.05) is 49.3 Å². The molecule has 3 N–H and O–H groups in total. The molecule has 0 radical (unpaired) electrons. The molecule has 184 valence electrons. The van der Waals surface area contributed by atoms with Gasteiger partial charge in [0.25, 0.3) is 0 Å². The number of nitrogens with zero attached hydrogens (tertiary/aromatic N) is 1. The van der Waals surface area contributed by atoms with Crippen molar-refractivity contribution in [3.63, 3.8) is 0 Å². The number of urea groups is 1. The first-order chi connectivity index (χ1) is 16.2.